The molecule has 4 nitrogen and oxygen atoms in total. The minimum absolute atomic E-state index is 0.0494. The van der Waals surface area contributed by atoms with Crippen LogP contribution in [0.3, 0.4) is 0 Å². The smallest absolute Gasteiger partial charge is 0.262 e. The molecule has 0 spiro atoms. The van der Waals surface area contributed by atoms with Gasteiger partial charge in [-0.2, -0.15) is 5.26 Å². The first-order valence-corrected chi connectivity index (χ1v) is 10.8. The van der Waals surface area contributed by atoms with Crippen molar-refractivity contribution in [2.45, 2.75) is 13.1 Å². The molecule has 0 fully saturated rings. The largest absolute Gasteiger partial charge is 0.347 e. The fourth-order valence-electron chi connectivity index (χ4n) is 3.53. The third-order valence-corrected chi connectivity index (χ3v) is 5.72. The summed E-state index contributed by atoms with van der Waals surface area (Å²) in [6, 6.07) is 24.9. The summed E-state index contributed by atoms with van der Waals surface area (Å²) in [5.74, 6) is -0.408. The maximum Gasteiger partial charge on any atom is 0.262 e. The third-order valence-electron chi connectivity index (χ3n) is 5.14. The molecule has 0 aliphatic carbocycles. The monoisotopic (exact) mass is 459 g/mol. The maximum absolute atomic E-state index is 12.6. The van der Waals surface area contributed by atoms with E-state index in [-0.39, 0.29) is 5.57 Å². The van der Waals surface area contributed by atoms with Crippen molar-refractivity contribution in [1.82, 2.24) is 9.88 Å². The van der Waals surface area contributed by atoms with Gasteiger partial charge in [0.1, 0.15) is 11.6 Å². The van der Waals surface area contributed by atoms with E-state index >= 15 is 0 Å². The molecule has 0 aliphatic heterocycles. The highest BCUT2D eigenvalue weighted by Gasteiger charge is 2.13. The summed E-state index contributed by atoms with van der Waals surface area (Å²) in [4.78, 5) is 12.6. The molecule has 32 heavy (non-hydrogen) atoms. The van der Waals surface area contributed by atoms with Gasteiger partial charge in [-0.15, -0.1) is 0 Å². The Balaban J connectivity index is 1.63. The van der Waals surface area contributed by atoms with Crippen LogP contribution in [0.15, 0.2) is 84.6 Å². The minimum atomic E-state index is -0.408. The molecule has 3 aromatic carbocycles. The van der Waals surface area contributed by atoms with Gasteiger partial charge >= 0.3 is 0 Å². The molecule has 0 bridgehead atoms. The van der Waals surface area contributed by atoms with Crippen LogP contribution in [0.5, 0.6) is 0 Å². The van der Waals surface area contributed by atoms with Crippen molar-refractivity contribution in [3.63, 3.8) is 0 Å². The lowest BCUT2D eigenvalue weighted by Gasteiger charge is -2.08. The van der Waals surface area contributed by atoms with Crippen molar-refractivity contribution in [3.05, 3.63) is 111 Å². The van der Waals surface area contributed by atoms with Gasteiger partial charge in [0.2, 0.25) is 0 Å². The van der Waals surface area contributed by atoms with Gasteiger partial charge < -0.3 is 9.88 Å². The van der Waals surface area contributed by atoms with E-state index in [0.717, 1.165) is 27.6 Å². The molecule has 0 radical (unpaired) electrons. The topological polar surface area (TPSA) is 57.8 Å². The molecule has 0 atom stereocenters. The number of para-hydroxylation sites is 1. The van der Waals surface area contributed by atoms with E-state index < -0.39 is 5.91 Å². The van der Waals surface area contributed by atoms with Crippen LogP contribution in [-0.4, -0.2) is 10.5 Å². The molecule has 1 N–H and O–H groups in total. The van der Waals surface area contributed by atoms with Gasteiger partial charge in [-0.25, -0.2) is 0 Å². The average molecular weight is 460 g/mol. The first kappa shape index (κ1) is 21.7. The van der Waals surface area contributed by atoms with Crippen LogP contribution in [0.25, 0.3) is 17.0 Å². The molecule has 0 saturated carbocycles. The molecule has 4 rings (SSSR count). The van der Waals surface area contributed by atoms with E-state index in [1.165, 1.54) is 0 Å². The summed E-state index contributed by atoms with van der Waals surface area (Å²) in [6.07, 6.45) is 3.56. The van der Waals surface area contributed by atoms with Gasteiger partial charge in [-0.05, 0) is 35.4 Å². The lowest BCUT2D eigenvalue weighted by Crippen LogP contribution is -2.23. The zero-order chi connectivity index (χ0) is 22.5. The highest BCUT2D eigenvalue weighted by Crippen LogP contribution is 2.27. The van der Waals surface area contributed by atoms with Crippen LogP contribution in [0.1, 0.15) is 16.7 Å². The highest BCUT2D eigenvalue weighted by molar-refractivity contribution is 6.35. The standard InChI is InChI=1S/C26H19Cl2N3O/c27-22-11-10-19(24(28)13-22)16-31-17-21(23-8-4-5-9-25(23)31)12-20(14-29)26(32)30-15-18-6-2-1-3-7-18/h1-13,17H,15-16H2,(H,30,32)/b20-12-. The Bertz CT molecular complexity index is 1350. The van der Waals surface area contributed by atoms with E-state index in [9.17, 15) is 10.1 Å². The lowest BCUT2D eigenvalue weighted by atomic mass is 10.1. The number of hydrogen-bond acceptors (Lipinski definition) is 2. The third kappa shape index (κ3) is 4.86. The van der Waals surface area contributed by atoms with E-state index in [1.54, 1.807) is 18.2 Å². The number of fused-ring (bicyclic) bond motifs is 1. The summed E-state index contributed by atoms with van der Waals surface area (Å²) in [6.45, 7) is 0.891. The van der Waals surface area contributed by atoms with Gasteiger partial charge in [0.15, 0.2) is 0 Å². The van der Waals surface area contributed by atoms with Crippen molar-refractivity contribution >= 4 is 46.1 Å². The van der Waals surface area contributed by atoms with Gasteiger partial charge in [0, 0.05) is 45.8 Å². The number of carbonyl (C=O) groups is 1. The van der Waals surface area contributed by atoms with Crippen LogP contribution >= 0.6 is 23.2 Å². The summed E-state index contributed by atoms with van der Waals surface area (Å²) in [5.41, 5.74) is 3.71. The van der Waals surface area contributed by atoms with Crippen LogP contribution in [0.4, 0.5) is 0 Å². The van der Waals surface area contributed by atoms with E-state index in [1.807, 2.05) is 77.5 Å². The molecule has 0 aliphatic rings. The molecule has 0 unspecified atom stereocenters. The number of rotatable bonds is 6. The number of nitrogens with zero attached hydrogens (tertiary/aromatic N) is 2. The number of nitrogens with one attached hydrogen (secondary N) is 1. The summed E-state index contributed by atoms with van der Waals surface area (Å²) < 4.78 is 2.05. The predicted octanol–water partition coefficient (Wildman–Crippen LogP) is 6.22. The molecule has 1 heterocycles. The van der Waals surface area contributed by atoms with Crippen LogP contribution < -0.4 is 5.32 Å². The molecular formula is C26H19Cl2N3O. The van der Waals surface area contributed by atoms with Crippen LogP contribution in [0.2, 0.25) is 10.0 Å². The molecule has 1 aromatic heterocycles. The van der Waals surface area contributed by atoms with Gasteiger partial charge in [0.25, 0.3) is 5.91 Å². The van der Waals surface area contributed by atoms with Gasteiger partial charge in [-0.3, -0.25) is 4.79 Å². The zero-order valence-corrected chi connectivity index (χ0v) is 18.6. The van der Waals surface area contributed by atoms with Gasteiger partial charge in [-0.1, -0.05) is 77.8 Å². The fourth-order valence-corrected chi connectivity index (χ4v) is 4.00. The Morgan fingerprint density at radius 1 is 1.03 bits per heavy atom. The Labute approximate surface area is 196 Å². The van der Waals surface area contributed by atoms with Crippen LogP contribution in [0, 0.1) is 11.3 Å². The first-order chi connectivity index (χ1) is 15.5. The number of amides is 1. The zero-order valence-electron chi connectivity index (χ0n) is 17.1. The number of benzene rings is 3. The van der Waals surface area contributed by atoms with Crippen molar-refractivity contribution in [2.75, 3.05) is 0 Å². The Hall–Kier alpha value is -3.52. The van der Waals surface area contributed by atoms with E-state index in [4.69, 9.17) is 23.2 Å². The Morgan fingerprint density at radius 3 is 2.53 bits per heavy atom. The SMILES string of the molecule is N#C/C(=C/c1cn(Cc2ccc(Cl)cc2Cl)c2ccccc12)C(=O)NCc1ccccc1. The molecular weight excluding hydrogens is 441 g/mol. The Morgan fingerprint density at radius 2 is 1.78 bits per heavy atom. The summed E-state index contributed by atoms with van der Waals surface area (Å²) >= 11 is 12.4. The minimum Gasteiger partial charge on any atom is -0.347 e. The van der Waals surface area contributed by atoms with E-state index in [0.29, 0.717) is 23.1 Å². The van der Waals surface area contributed by atoms with Crippen molar-refractivity contribution in [2.24, 2.45) is 0 Å². The second kappa shape index (κ2) is 9.74. The predicted molar refractivity (Wildman–Crippen MR) is 129 cm³/mol. The Kier molecular flexibility index (Phi) is 6.61. The number of nitriles is 1. The normalized spacial score (nSPS) is 11.3. The number of aromatic nitrogens is 1. The molecule has 1 amide bonds. The van der Waals surface area contributed by atoms with Crippen LogP contribution in [-0.2, 0) is 17.9 Å². The highest BCUT2D eigenvalue weighted by atomic mass is 35.5. The molecule has 158 valence electrons. The number of hydrogen-bond donors (Lipinski definition) is 1. The molecule has 0 saturated heterocycles. The summed E-state index contributed by atoms with van der Waals surface area (Å²) in [5, 5.41) is 14.5. The fraction of sp³-hybridized carbons (Fsp3) is 0.0769. The lowest BCUT2D eigenvalue weighted by molar-refractivity contribution is -0.117. The maximum atomic E-state index is 12.6. The number of halogens is 2. The van der Waals surface area contributed by atoms with Crippen molar-refractivity contribution in [1.29, 1.82) is 5.26 Å². The van der Waals surface area contributed by atoms with E-state index in [2.05, 4.69) is 5.32 Å². The van der Waals surface area contributed by atoms with Gasteiger partial charge in [0.05, 0.1) is 0 Å². The van der Waals surface area contributed by atoms with Crippen molar-refractivity contribution < 1.29 is 4.79 Å². The first-order valence-electron chi connectivity index (χ1n) is 10.0. The second-order valence-electron chi connectivity index (χ2n) is 7.30. The molecule has 6 heteroatoms. The van der Waals surface area contributed by atoms with Crippen molar-refractivity contribution in [3.8, 4) is 6.07 Å². The average Bonchev–Trinajstić information content (AvgIpc) is 3.15. The molecule has 4 aromatic rings. The summed E-state index contributed by atoms with van der Waals surface area (Å²) in [7, 11) is 0. The second-order valence-corrected chi connectivity index (χ2v) is 8.15. The quantitative estimate of drug-likeness (QED) is 0.274. The number of carbonyl (C=O) groups excluding carboxylic acids is 1.